The number of benzene rings is 7. The van der Waals surface area contributed by atoms with Gasteiger partial charge in [0.05, 0.1) is 28.0 Å². The van der Waals surface area contributed by atoms with Gasteiger partial charge < -0.3 is 4.90 Å². The summed E-state index contributed by atoms with van der Waals surface area (Å²) >= 11 is 0. The Morgan fingerprint density at radius 1 is 0.383 bits per heavy atom. The van der Waals surface area contributed by atoms with Crippen molar-refractivity contribution in [2.24, 2.45) is 0 Å². The summed E-state index contributed by atoms with van der Waals surface area (Å²) in [5, 5.41) is 2.80. The van der Waals surface area contributed by atoms with Crippen molar-refractivity contribution in [3.05, 3.63) is 202 Å². The monoisotopic (exact) mass is 600 g/mol. The highest BCUT2D eigenvalue weighted by Gasteiger charge is 2.50. The van der Waals surface area contributed by atoms with Gasteiger partial charge in [-0.05, 0) is 75.2 Å². The molecule has 0 radical (unpaired) electrons. The van der Waals surface area contributed by atoms with Gasteiger partial charge in [-0.25, -0.2) is 0 Å². The lowest BCUT2D eigenvalue weighted by Gasteiger charge is -2.49. The van der Waals surface area contributed by atoms with Gasteiger partial charge in [0.25, 0.3) is 5.56 Å². The maximum absolute atomic E-state index is 14.4. The number of anilines is 3. The summed E-state index contributed by atoms with van der Waals surface area (Å²) in [7, 11) is 0. The molecule has 3 nitrogen and oxygen atoms in total. The van der Waals surface area contributed by atoms with Crippen LogP contribution in [0.15, 0.2) is 175 Å². The maximum atomic E-state index is 14.4. The predicted octanol–water partition coefficient (Wildman–Crippen LogP) is 10.3. The molecule has 0 fully saturated rings. The summed E-state index contributed by atoms with van der Waals surface area (Å²) < 4.78 is 1.97. The Balaban J connectivity index is 1.32. The lowest BCUT2D eigenvalue weighted by molar-refractivity contribution is 0.709. The SMILES string of the molecule is O=c1c2ccccc2c2cccc3c2n1-c1ccccc1C31c2ccccc2N(c2ccc(-c3ccccc3)cc2)c2ccccc21. The van der Waals surface area contributed by atoms with Crippen molar-refractivity contribution >= 4 is 38.7 Å². The lowest BCUT2D eigenvalue weighted by Crippen LogP contribution is -2.42. The summed E-state index contributed by atoms with van der Waals surface area (Å²) in [6, 6.07) is 60.1. The minimum atomic E-state index is -0.654. The summed E-state index contributed by atoms with van der Waals surface area (Å²) in [5.74, 6) is 0. The van der Waals surface area contributed by atoms with Crippen molar-refractivity contribution in [2.75, 3.05) is 4.90 Å². The molecule has 1 spiro atoms. The first-order valence-electron chi connectivity index (χ1n) is 16.1. The van der Waals surface area contributed by atoms with E-state index in [1.54, 1.807) is 0 Å². The number of fused-ring (bicyclic) bond motifs is 10. The third-order valence-corrected chi connectivity index (χ3v) is 10.2. The van der Waals surface area contributed by atoms with E-state index in [0.29, 0.717) is 0 Å². The Bertz CT molecular complexity index is 2550. The lowest BCUT2D eigenvalue weighted by atomic mass is 9.60. The van der Waals surface area contributed by atoms with Crippen LogP contribution in [0.4, 0.5) is 17.1 Å². The zero-order valence-electron chi connectivity index (χ0n) is 25.5. The Hall–Kier alpha value is -6.19. The number of hydrogen-bond donors (Lipinski definition) is 0. The van der Waals surface area contributed by atoms with Gasteiger partial charge in [-0.15, -0.1) is 0 Å². The Kier molecular flexibility index (Phi) is 5.35. The van der Waals surface area contributed by atoms with Crippen LogP contribution < -0.4 is 10.5 Å². The smallest absolute Gasteiger partial charge is 0.263 e. The highest BCUT2D eigenvalue weighted by Crippen LogP contribution is 2.60. The van der Waals surface area contributed by atoms with Gasteiger partial charge in [-0.3, -0.25) is 9.36 Å². The van der Waals surface area contributed by atoms with Gasteiger partial charge in [0.2, 0.25) is 0 Å². The number of aromatic nitrogens is 1. The highest BCUT2D eigenvalue weighted by atomic mass is 16.1. The second kappa shape index (κ2) is 9.65. The summed E-state index contributed by atoms with van der Waals surface area (Å²) in [6.45, 7) is 0. The van der Waals surface area contributed by atoms with E-state index in [1.165, 1.54) is 22.3 Å². The average Bonchev–Trinajstić information content (AvgIpc) is 3.15. The quantitative estimate of drug-likeness (QED) is 0.185. The molecule has 47 heavy (non-hydrogen) atoms. The van der Waals surface area contributed by atoms with E-state index < -0.39 is 5.41 Å². The van der Waals surface area contributed by atoms with E-state index in [9.17, 15) is 4.79 Å². The molecule has 0 amide bonds. The molecule has 10 rings (SSSR count). The van der Waals surface area contributed by atoms with Crippen LogP contribution >= 0.6 is 0 Å². The van der Waals surface area contributed by atoms with E-state index in [0.717, 1.165) is 55.6 Å². The maximum Gasteiger partial charge on any atom is 0.263 e. The molecule has 0 saturated carbocycles. The molecule has 0 aliphatic carbocycles. The van der Waals surface area contributed by atoms with Crippen molar-refractivity contribution < 1.29 is 0 Å². The molecular weight excluding hydrogens is 572 g/mol. The molecule has 0 unspecified atom stereocenters. The van der Waals surface area contributed by atoms with E-state index in [2.05, 4.69) is 157 Å². The van der Waals surface area contributed by atoms with Gasteiger partial charge in [0, 0.05) is 16.5 Å². The van der Waals surface area contributed by atoms with Gasteiger partial charge in [0.1, 0.15) is 0 Å². The van der Waals surface area contributed by atoms with Crippen molar-refractivity contribution in [2.45, 2.75) is 5.41 Å². The third kappa shape index (κ3) is 3.38. The average molecular weight is 601 g/mol. The van der Waals surface area contributed by atoms with E-state index in [-0.39, 0.29) is 5.56 Å². The summed E-state index contributed by atoms with van der Waals surface area (Å²) in [6.07, 6.45) is 0. The molecule has 7 aromatic carbocycles. The number of para-hydroxylation sites is 4. The van der Waals surface area contributed by atoms with Crippen LogP contribution in [0.25, 0.3) is 38.5 Å². The van der Waals surface area contributed by atoms with Crippen LogP contribution in [0, 0.1) is 0 Å². The fourth-order valence-electron chi connectivity index (χ4n) is 8.33. The molecular formula is C44H28N2O. The fourth-order valence-corrected chi connectivity index (χ4v) is 8.33. The first-order chi connectivity index (χ1) is 23.3. The summed E-state index contributed by atoms with van der Waals surface area (Å²) in [4.78, 5) is 16.8. The molecule has 2 aliphatic heterocycles. The molecule has 220 valence electrons. The van der Waals surface area contributed by atoms with Crippen molar-refractivity contribution in [3.63, 3.8) is 0 Å². The number of pyridine rings is 1. The van der Waals surface area contributed by atoms with Crippen LogP contribution in [-0.2, 0) is 5.41 Å². The first kappa shape index (κ1) is 26.1. The Morgan fingerprint density at radius 2 is 0.872 bits per heavy atom. The Morgan fingerprint density at radius 3 is 1.55 bits per heavy atom. The molecule has 2 aliphatic rings. The Labute approximate surface area is 272 Å². The molecule has 0 atom stereocenters. The van der Waals surface area contributed by atoms with Gasteiger partial charge >= 0.3 is 0 Å². The minimum absolute atomic E-state index is 0.0142. The number of rotatable bonds is 2. The van der Waals surface area contributed by atoms with Crippen LogP contribution in [0.1, 0.15) is 22.3 Å². The van der Waals surface area contributed by atoms with Crippen LogP contribution in [0.5, 0.6) is 0 Å². The van der Waals surface area contributed by atoms with Gasteiger partial charge in [-0.1, -0.05) is 133 Å². The normalized spacial score (nSPS) is 13.7. The van der Waals surface area contributed by atoms with Crippen molar-refractivity contribution in [1.82, 2.24) is 4.57 Å². The molecule has 3 heteroatoms. The topological polar surface area (TPSA) is 25.2 Å². The van der Waals surface area contributed by atoms with Gasteiger partial charge in [-0.2, -0.15) is 0 Å². The second-order valence-corrected chi connectivity index (χ2v) is 12.4. The molecule has 0 bridgehead atoms. The first-order valence-corrected chi connectivity index (χ1v) is 16.1. The standard InChI is InChI=1S/C44H28N2O/c47-43-34-16-5-4-15-32(34)33-17-12-21-38-42(33)46(43)41-24-11-8-20-37(41)44(38)35-18-6-9-22-39(35)45(40-23-10-7-19-36(40)44)31-27-25-30(26-28-31)29-13-2-1-3-14-29/h1-28H. The summed E-state index contributed by atoms with van der Waals surface area (Å²) in [5.41, 5.74) is 11.6. The number of nitrogens with zero attached hydrogens (tertiary/aromatic N) is 2. The fraction of sp³-hybridized carbons (Fsp3) is 0.0227. The number of hydrogen-bond acceptors (Lipinski definition) is 2. The third-order valence-electron chi connectivity index (χ3n) is 10.2. The molecule has 0 N–H and O–H groups in total. The second-order valence-electron chi connectivity index (χ2n) is 12.4. The van der Waals surface area contributed by atoms with Crippen LogP contribution in [0.2, 0.25) is 0 Å². The molecule has 3 heterocycles. The zero-order valence-corrected chi connectivity index (χ0v) is 25.5. The van der Waals surface area contributed by atoms with E-state index in [1.807, 2.05) is 22.8 Å². The van der Waals surface area contributed by atoms with Crippen molar-refractivity contribution in [1.29, 1.82) is 0 Å². The molecule has 8 aromatic rings. The molecule has 0 saturated heterocycles. The molecule has 1 aromatic heterocycles. The zero-order chi connectivity index (χ0) is 31.1. The largest absolute Gasteiger partial charge is 0.310 e. The van der Waals surface area contributed by atoms with Crippen LogP contribution in [-0.4, -0.2) is 4.57 Å². The van der Waals surface area contributed by atoms with E-state index in [4.69, 9.17) is 0 Å². The highest BCUT2D eigenvalue weighted by molar-refractivity contribution is 6.09. The minimum Gasteiger partial charge on any atom is -0.310 e. The van der Waals surface area contributed by atoms with Gasteiger partial charge in [0.15, 0.2) is 0 Å². The van der Waals surface area contributed by atoms with Crippen LogP contribution in [0.3, 0.4) is 0 Å². The predicted molar refractivity (Wildman–Crippen MR) is 193 cm³/mol. The van der Waals surface area contributed by atoms with Crippen molar-refractivity contribution in [3.8, 4) is 16.8 Å². The van der Waals surface area contributed by atoms with E-state index >= 15 is 0 Å².